The van der Waals surface area contributed by atoms with E-state index in [0.717, 1.165) is 81.9 Å². The van der Waals surface area contributed by atoms with E-state index in [1.807, 2.05) is 41.4 Å². The summed E-state index contributed by atoms with van der Waals surface area (Å²) in [7, 11) is 0. The van der Waals surface area contributed by atoms with Crippen LogP contribution in [-0.4, -0.2) is 59.8 Å². The molecule has 246 valence electrons. The first-order chi connectivity index (χ1) is 22.5. The first-order valence-corrected chi connectivity index (χ1v) is 17.2. The van der Waals surface area contributed by atoms with E-state index >= 15 is 0 Å². The summed E-state index contributed by atoms with van der Waals surface area (Å²) in [5, 5.41) is 5.53. The van der Waals surface area contributed by atoms with Crippen molar-refractivity contribution in [2.24, 2.45) is 5.92 Å². The Labute approximate surface area is 277 Å². The molecule has 3 aromatic heterocycles. The van der Waals surface area contributed by atoms with Crippen molar-refractivity contribution in [2.45, 2.75) is 99.0 Å². The SMILES string of the molecule is CCc1ccc(-c2cc(C(=O)N3Cc4cnn(CC)c4C3)cc3cc(C4=CCCN(C(=O)OC(C)(C)C)C4)n(CC4CC4)c23)c(C)n1. The second-order valence-electron chi connectivity index (χ2n) is 14.3. The quantitative estimate of drug-likeness (QED) is 0.212. The third kappa shape index (κ3) is 6.08. The fourth-order valence-corrected chi connectivity index (χ4v) is 7.07. The number of carbonyl (C=O) groups is 2. The molecule has 4 aromatic rings. The summed E-state index contributed by atoms with van der Waals surface area (Å²) in [6, 6.07) is 10.7. The second kappa shape index (κ2) is 12.0. The van der Waals surface area contributed by atoms with Gasteiger partial charge in [-0.05, 0) is 96.1 Å². The van der Waals surface area contributed by atoms with Gasteiger partial charge in [0, 0.05) is 70.9 Å². The van der Waals surface area contributed by atoms with Crippen LogP contribution in [0.3, 0.4) is 0 Å². The van der Waals surface area contributed by atoms with Gasteiger partial charge in [0.15, 0.2) is 0 Å². The molecule has 0 atom stereocenters. The van der Waals surface area contributed by atoms with E-state index < -0.39 is 5.60 Å². The van der Waals surface area contributed by atoms with Crippen molar-refractivity contribution in [1.29, 1.82) is 0 Å². The molecule has 0 spiro atoms. The van der Waals surface area contributed by atoms with Gasteiger partial charge in [0.25, 0.3) is 5.91 Å². The van der Waals surface area contributed by atoms with Gasteiger partial charge in [-0.25, -0.2) is 4.79 Å². The largest absolute Gasteiger partial charge is 0.444 e. The molecule has 5 heterocycles. The molecular weight excluding hydrogens is 588 g/mol. The fraction of sp³-hybridized carbons (Fsp3) is 0.474. The Morgan fingerprint density at radius 1 is 1.00 bits per heavy atom. The predicted octanol–water partition coefficient (Wildman–Crippen LogP) is 7.38. The number of rotatable bonds is 7. The predicted molar refractivity (Wildman–Crippen MR) is 184 cm³/mol. The Morgan fingerprint density at radius 2 is 1.81 bits per heavy atom. The van der Waals surface area contributed by atoms with Crippen LogP contribution in [0.2, 0.25) is 0 Å². The van der Waals surface area contributed by atoms with Gasteiger partial charge < -0.3 is 19.1 Å². The maximum atomic E-state index is 14.2. The lowest BCUT2D eigenvalue weighted by molar-refractivity contribution is 0.0272. The van der Waals surface area contributed by atoms with Gasteiger partial charge >= 0.3 is 6.09 Å². The number of aromatic nitrogens is 4. The third-order valence-corrected chi connectivity index (χ3v) is 9.63. The smallest absolute Gasteiger partial charge is 0.410 e. The highest BCUT2D eigenvalue weighted by molar-refractivity contribution is 6.05. The number of nitrogens with zero attached hydrogens (tertiary/aromatic N) is 6. The molecule has 1 aromatic carbocycles. The van der Waals surface area contributed by atoms with Crippen molar-refractivity contribution in [3.63, 3.8) is 0 Å². The molecule has 7 rings (SSSR count). The van der Waals surface area contributed by atoms with Gasteiger partial charge in [-0.15, -0.1) is 0 Å². The zero-order valence-corrected chi connectivity index (χ0v) is 28.6. The van der Waals surface area contributed by atoms with Crippen LogP contribution in [-0.2, 0) is 37.3 Å². The van der Waals surface area contributed by atoms with Crippen molar-refractivity contribution in [3.8, 4) is 11.1 Å². The van der Waals surface area contributed by atoms with Gasteiger partial charge in [0.2, 0.25) is 0 Å². The molecule has 47 heavy (non-hydrogen) atoms. The molecule has 2 aliphatic heterocycles. The highest BCUT2D eigenvalue weighted by Crippen LogP contribution is 2.40. The average molecular weight is 635 g/mol. The number of hydrogen-bond acceptors (Lipinski definition) is 5. The monoisotopic (exact) mass is 634 g/mol. The summed E-state index contributed by atoms with van der Waals surface area (Å²) in [4.78, 5) is 36.1. The van der Waals surface area contributed by atoms with E-state index in [4.69, 9.17) is 9.72 Å². The number of aryl methyl sites for hydroxylation is 3. The summed E-state index contributed by atoms with van der Waals surface area (Å²) < 4.78 is 10.2. The lowest BCUT2D eigenvalue weighted by Crippen LogP contribution is -2.39. The molecule has 3 aliphatic rings. The Morgan fingerprint density at radius 3 is 2.51 bits per heavy atom. The highest BCUT2D eigenvalue weighted by atomic mass is 16.6. The molecule has 2 amide bonds. The second-order valence-corrected chi connectivity index (χ2v) is 14.3. The van der Waals surface area contributed by atoms with E-state index in [0.29, 0.717) is 37.7 Å². The lowest BCUT2D eigenvalue weighted by Gasteiger charge is -2.30. The first kappa shape index (κ1) is 31.2. The zero-order chi connectivity index (χ0) is 33.0. The maximum absolute atomic E-state index is 14.2. The van der Waals surface area contributed by atoms with Crippen LogP contribution in [0.4, 0.5) is 4.79 Å². The Hall–Kier alpha value is -4.40. The summed E-state index contributed by atoms with van der Waals surface area (Å²) in [5.74, 6) is 0.639. The minimum absolute atomic E-state index is 0.0206. The van der Waals surface area contributed by atoms with Crippen molar-refractivity contribution >= 4 is 28.5 Å². The number of pyridine rings is 1. The maximum Gasteiger partial charge on any atom is 0.410 e. The van der Waals surface area contributed by atoms with E-state index in [9.17, 15) is 9.59 Å². The molecule has 0 radical (unpaired) electrons. The van der Waals surface area contributed by atoms with E-state index in [2.05, 4.69) is 66.8 Å². The van der Waals surface area contributed by atoms with E-state index in [-0.39, 0.29) is 12.0 Å². The average Bonchev–Trinajstić information content (AvgIpc) is 3.46. The fourth-order valence-electron chi connectivity index (χ4n) is 7.07. The molecule has 1 saturated carbocycles. The third-order valence-electron chi connectivity index (χ3n) is 9.63. The van der Waals surface area contributed by atoms with Gasteiger partial charge in [0.05, 0.1) is 30.5 Å². The Balaban J connectivity index is 1.34. The van der Waals surface area contributed by atoms with Gasteiger partial charge in [-0.1, -0.05) is 19.1 Å². The summed E-state index contributed by atoms with van der Waals surface area (Å²) in [6.07, 6.45) is 7.94. The van der Waals surface area contributed by atoms with Crippen LogP contribution in [0.1, 0.15) is 92.6 Å². The summed E-state index contributed by atoms with van der Waals surface area (Å²) in [5.41, 5.74) is 9.80. The molecule has 0 bridgehead atoms. The molecule has 0 unspecified atom stereocenters. The topological polar surface area (TPSA) is 85.5 Å². The van der Waals surface area contributed by atoms with Crippen LogP contribution in [0.15, 0.2) is 42.6 Å². The standard InChI is InChI=1S/C38H46N6O3/c1-7-30-13-14-31(24(3)40-30)32-17-28(36(45)42-22-29-19-39-44(8-2)34(29)23-42)16-27-18-33(43(35(27)32)20-25-11-12-25)26-10-9-15-41(21-26)37(46)47-38(4,5)6/h10,13-14,16-19,25H,7-9,11-12,15,20-23H2,1-6H3. The number of benzene rings is 1. The number of ether oxygens (including phenoxy) is 1. The van der Waals surface area contributed by atoms with Crippen LogP contribution in [0.5, 0.6) is 0 Å². The molecular formula is C38H46N6O3. The lowest BCUT2D eigenvalue weighted by atomic mass is 9.97. The van der Waals surface area contributed by atoms with Crippen molar-refractivity contribution in [1.82, 2.24) is 29.1 Å². The Kier molecular flexibility index (Phi) is 7.97. The number of fused-ring (bicyclic) bond motifs is 2. The van der Waals surface area contributed by atoms with Gasteiger partial charge in [-0.2, -0.15) is 5.10 Å². The number of carbonyl (C=O) groups excluding carboxylic acids is 2. The van der Waals surface area contributed by atoms with Crippen LogP contribution >= 0.6 is 0 Å². The summed E-state index contributed by atoms with van der Waals surface area (Å²) in [6.45, 7) is 15.9. The van der Waals surface area contributed by atoms with Crippen molar-refractivity contribution in [2.75, 3.05) is 13.1 Å². The van der Waals surface area contributed by atoms with Crippen molar-refractivity contribution < 1.29 is 14.3 Å². The van der Waals surface area contributed by atoms with E-state index in [1.165, 1.54) is 12.8 Å². The minimum atomic E-state index is -0.553. The molecule has 9 nitrogen and oxygen atoms in total. The number of hydrogen-bond donors (Lipinski definition) is 0. The summed E-state index contributed by atoms with van der Waals surface area (Å²) >= 11 is 0. The number of amides is 2. The van der Waals surface area contributed by atoms with Crippen LogP contribution < -0.4 is 0 Å². The van der Waals surface area contributed by atoms with Gasteiger partial charge in [-0.3, -0.25) is 14.5 Å². The molecule has 1 aliphatic carbocycles. The van der Waals surface area contributed by atoms with Crippen LogP contribution in [0.25, 0.3) is 27.6 Å². The van der Waals surface area contributed by atoms with Gasteiger partial charge in [0.1, 0.15) is 5.60 Å². The van der Waals surface area contributed by atoms with Crippen molar-refractivity contribution in [3.05, 3.63) is 76.5 Å². The van der Waals surface area contributed by atoms with Crippen LogP contribution in [0, 0.1) is 12.8 Å². The molecule has 0 saturated heterocycles. The molecule has 9 heteroatoms. The highest BCUT2D eigenvalue weighted by Gasteiger charge is 2.32. The molecule has 1 fully saturated rings. The zero-order valence-electron chi connectivity index (χ0n) is 28.6. The normalized spacial score (nSPS) is 16.5. The Bertz CT molecular complexity index is 1900. The minimum Gasteiger partial charge on any atom is -0.444 e. The molecule has 0 N–H and O–H groups in total. The van der Waals surface area contributed by atoms with E-state index in [1.54, 1.807) is 0 Å². The first-order valence-electron chi connectivity index (χ1n) is 17.2.